The van der Waals surface area contributed by atoms with Gasteiger partial charge in [-0.15, -0.1) is 0 Å². The highest BCUT2D eigenvalue weighted by Crippen LogP contribution is 2.33. The number of aryl methyl sites for hydroxylation is 1. The van der Waals surface area contributed by atoms with Gasteiger partial charge in [0, 0.05) is 45.4 Å². The summed E-state index contributed by atoms with van der Waals surface area (Å²) in [4.78, 5) is 0.203. The van der Waals surface area contributed by atoms with E-state index in [0.29, 0.717) is 10.0 Å². The van der Waals surface area contributed by atoms with E-state index < -0.39 is 16.1 Å². The summed E-state index contributed by atoms with van der Waals surface area (Å²) >= 11 is 12.4. The fourth-order valence-electron chi connectivity index (χ4n) is 3.80. The molecule has 0 amide bonds. The molecule has 3 aromatic carbocycles. The summed E-state index contributed by atoms with van der Waals surface area (Å²) in [5.41, 5.74) is 2.77. The summed E-state index contributed by atoms with van der Waals surface area (Å²) in [6.45, 7) is 2.07. The van der Waals surface area contributed by atoms with Gasteiger partial charge in [0.2, 0.25) is 10.0 Å². The van der Waals surface area contributed by atoms with Gasteiger partial charge in [-0.25, -0.2) is 8.42 Å². The van der Waals surface area contributed by atoms with E-state index in [-0.39, 0.29) is 18.0 Å². The third kappa shape index (κ3) is 4.31. The largest absolute Gasteiger partial charge is 0.390 e. The van der Waals surface area contributed by atoms with Crippen molar-refractivity contribution in [1.82, 2.24) is 8.87 Å². The first-order valence-electron chi connectivity index (χ1n) is 9.75. The summed E-state index contributed by atoms with van der Waals surface area (Å²) < 4.78 is 28.9. The van der Waals surface area contributed by atoms with Crippen LogP contribution in [0.3, 0.4) is 0 Å². The molecule has 0 aliphatic heterocycles. The van der Waals surface area contributed by atoms with Crippen molar-refractivity contribution in [3.05, 3.63) is 76.3 Å². The van der Waals surface area contributed by atoms with Gasteiger partial charge in [0.15, 0.2) is 0 Å². The fraction of sp³-hybridized carbons (Fsp3) is 0.217. The maximum Gasteiger partial charge on any atom is 0.242 e. The molecule has 0 bridgehead atoms. The molecule has 0 radical (unpaired) electrons. The van der Waals surface area contributed by atoms with E-state index in [9.17, 15) is 13.5 Å². The van der Waals surface area contributed by atoms with Gasteiger partial charge in [0.1, 0.15) is 0 Å². The highest BCUT2D eigenvalue weighted by atomic mass is 35.5. The third-order valence-electron chi connectivity index (χ3n) is 5.38. The molecule has 0 aliphatic carbocycles. The van der Waals surface area contributed by atoms with Crippen LogP contribution in [0, 0.1) is 6.92 Å². The first-order chi connectivity index (χ1) is 14.7. The number of benzene rings is 3. The zero-order valence-corrected chi connectivity index (χ0v) is 19.4. The molecule has 4 rings (SSSR count). The number of rotatable bonds is 6. The van der Waals surface area contributed by atoms with Gasteiger partial charge in [-0.1, -0.05) is 40.9 Å². The maximum atomic E-state index is 12.9. The van der Waals surface area contributed by atoms with Crippen LogP contribution in [0.4, 0.5) is 0 Å². The van der Waals surface area contributed by atoms with Crippen molar-refractivity contribution in [3.63, 3.8) is 0 Å². The van der Waals surface area contributed by atoms with Crippen LogP contribution < -0.4 is 0 Å². The zero-order chi connectivity index (χ0) is 22.3. The highest BCUT2D eigenvalue weighted by molar-refractivity contribution is 7.89. The number of hydrogen-bond acceptors (Lipinski definition) is 3. The van der Waals surface area contributed by atoms with Crippen LogP contribution in [-0.2, 0) is 16.6 Å². The molecule has 162 valence electrons. The Morgan fingerprint density at radius 3 is 1.97 bits per heavy atom. The molecular formula is C23H22Cl2N2O3S. The SMILES string of the molecule is Cc1ccc(S(=O)(=O)N(C)CC(O)Cn2c3ccc(Cl)cc3c3cc(Cl)ccc32)cc1. The summed E-state index contributed by atoms with van der Waals surface area (Å²) in [5, 5.41) is 13.9. The predicted octanol–water partition coefficient (Wildman–Crippen LogP) is 5.09. The Kier molecular flexibility index (Phi) is 6.03. The number of nitrogens with zero attached hydrogens (tertiary/aromatic N) is 2. The van der Waals surface area contributed by atoms with Crippen LogP contribution in [0.15, 0.2) is 65.6 Å². The average Bonchev–Trinajstić information content (AvgIpc) is 3.00. The van der Waals surface area contributed by atoms with Crippen molar-refractivity contribution >= 4 is 55.0 Å². The number of fused-ring (bicyclic) bond motifs is 3. The Hall–Kier alpha value is -2.09. The molecule has 1 aromatic heterocycles. The number of aliphatic hydroxyl groups is 1. The van der Waals surface area contributed by atoms with Gasteiger partial charge in [-0.2, -0.15) is 4.31 Å². The number of likely N-dealkylation sites (N-methyl/N-ethyl adjacent to an activating group) is 1. The monoisotopic (exact) mass is 476 g/mol. The minimum atomic E-state index is -3.70. The third-order valence-corrected chi connectivity index (χ3v) is 7.69. The van der Waals surface area contributed by atoms with E-state index in [1.165, 1.54) is 11.4 Å². The molecule has 0 saturated heterocycles. The molecule has 8 heteroatoms. The second kappa shape index (κ2) is 8.45. The number of aromatic nitrogens is 1. The summed E-state index contributed by atoms with van der Waals surface area (Å²) in [6, 6.07) is 17.8. The maximum absolute atomic E-state index is 12.9. The van der Waals surface area contributed by atoms with Crippen LogP contribution >= 0.6 is 23.2 Å². The number of halogens is 2. The van der Waals surface area contributed by atoms with Gasteiger partial charge in [-0.05, 0) is 55.5 Å². The standard InChI is InChI=1S/C23H22Cl2N2O3S/c1-15-3-7-19(8-4-15)31(29,30)26(2)13-18(28)14-27-22-9-5-16(24)11-20(22)21-12-17(25)6-10-23(21)27/h3-12,18,28H,13-14H2,1-2H3. The second-order valence-electron chi connectivity index (χ2n) is 7.69. The van der Waals surface area contributed by atoms with Crippen molar-refractivity contribution in [2.45, 2.75) is 24.5 Å². The summed E-state index contributed by atoms with van der Waals surface area (Å²) in [7, 11) is -2.22. The van der Waals surface area contributed by atoms with Gasteiger partial charge in [0.05, 0.1) is 17.5 Å². The smallest absolute Gasteiger partial charge is 0.242 e. The molecule has 4 aromatic rings. The van der Waals surface area contributed by atoms with Crippen LogP contribution in [0.1, 0.15) is 5.56 Å². The summed E-state index contributed by atoms with van der Waals surface area (Å²) in [5.74, 6) is 0. The molecule has 0 fully saturated rings. The Morgan fingerprint density at radius 2 is 1.45 bits per heavy atom. The molecule has 1 unspecified atom stereocenters. The molecule has 0 aliphatic rings. The highest BCUT2D eigenvalue weighted by Gasteiger charge is 2.24. The second-order valence-corrected chi connectivity index (χ2v) is 10.6. The Bertz CT molecular complexity index is 1310. The molecular weight excluding hydrogens is 455 g/mol. The first kappa shape index (κ1) is 22.1. The molecule has 5 nitrogen and oxygen atoms in total. The van der Waals surface area contributed by atoms with E-state index >= 15 is 0 Å². The summed E-state index contributed by atoms with van der Waals surface area (Å²) in [6.07, 6.45) is -0.921. The van der Waals surface area contributed by atoms with Crippen LogP contribution in [-0.4, -0.2) is 42.1 Å². The van der Waals surface area contributed by atoms with Crippen LogP contribution in [0.25, 0.3) is 21.8 Å². The lowest BCUT2D eigenvalue weighted by atomic mass is 10.1. The van der Waals surface area contributed by atoms with E-state index in [2.05, 4.69) is 0 Å². The average molecular weight is 477 g/mol. The fourth-order valence-corrected chi connectivity index (χ4v) is 5.35. The predicted molar refractivity (Wildman–Crippen MR) is 126 cm³/mol. The van der Waals surface area contributed by atoms with Crippen molar-refractivity contribution in [2.75, 3.05) is 13.6 Å². The van der Waals surface area contributed by atoms with E-state index in [4.69, 9.17) is 23.2 Å². The molecule has 31 heavy (non-hydrogen) atoms. The number of aliphatic hydroxyl groups excluding tert-OH is 1. The Labute approximate surface area is 191 Å². The molecule has 0 spiro atoms. The quantitative estimate of drug-likeness (QED) is 0.421. The number of hydrogen-bond donors (Lipinski definition) is 1. The lowest BCUT2D eigenvalue weighted by Gasteiger charge is -2.22. The zero-order valence-electron chi connectivity index (χ0n) is 17.1. The van der Waals surface area contributed by atoms with Crippen LogP contribution in [0.5, 0.6) is 0 Å². The van der Waals surface area contributed by atoms with Crippen molar-refractivity contribution in [1.29, 1.82) is 0 Å². The van der Waals surface area contributed by atoms with Crippen LogP contribution in [0.2, 0.25) is 10.0 Å². The van der Waals surface area contributed by atoms with Gasteiger partial charge >= 0.3 is 0 Å². The number of sulfonamides is 1. The normalized spacial score (nSPS) is 13.4. The van der Waals surface area contributed by atoms with Gasteiger partial charge < -0.3 is 9.67 Å². The van der Waals surface area contributed by atoms with Gasteiger partial charge in [-0.3, -0.25) is 0 Å². The van der Waals surface area contributed by atoms with E-state index in [1.807, 2.05) is 35.8 Å². The minimum absolute atomic E-state index is 0.0431. The lowest BCUT2D eigenvalue weighted by molar-refractivity contribution is 0.136. The van der Waals surface area contributed by atoms with Crippen molar-refractivity contribution in [3.8, 4) is 0 Å². The minimum Gasteiger partial charge on any atom is -0.390 e. The van der Waals surface area contributed by atoms with E-state index in [1.54, 1.807) is 36.4 Å². The topological polar surface area (TPSA) is 62.5 Å². The molecule has 1 heterocycles. The Balaban J connectivity index is 1.64. The lowest BCUT2D eigenvalue weighted by Crippen LogP contribution is -2.36. The molecule has 1 N–H and O–H groups in total. The molecule has 0 saturated carbocycles. The van der Waals surface area contributed by atoms with Gasteiger partial charge in [0.25, 0.3) is 0 Å². The Morgan fingerprint density at radius 1 is 0.935 bits per heavy atom. The first-order valence-corrected chi connectivity index (χ1v) is 11.9. The van der Waals surface area contributed by atoms with E-state index in [0.717, 1.165) is 27.4 Å². The molecule has 1 atom stereocenters. The van der Waals surface area contributed by atoms with Crippen molar-refractivity contribution in [2.24, 2.45) is 0 Å². The van der Waals surface area contributed by atoms with Crippen molar-refractivity contribution < 1.29 is 13.5 Å².